The summed E-state index contributed by atoms with van der Waals surface area (Å²) in [6.45, 7) is 0.742. The zero-order chi connectivity index (χ0) is 16.9. The lowest BCUT2D eigenvalue weighted by Gasteiger charge is -2.33. The molecule has 0 aliphatic rings. The molecule has 0 bridgehead atoms. The standard InChI is InChI=1S/C12H19F7O2/c1-9(21,6-4-2-3-5-7-20)8-10(13,14)11(15,16)12(17,18)19/h20-21H,2-8H2,1H3. The van der Waals surface area contributed by atoms with Gasteiger partial charge in [0.2, 0.25) is 0 Å². The summed E-state index contributed by atoms with van der Waals surface area (Å²) in [6, 6.07) is 0. The van der Waals surface area contributed by atoms with Crippen LogP contribution in [0.2, 0.25) is 0 Å². The van der Waals surface area contributed by atoms with Crippen molar-refractivity contribution in [2.75, 3.05) is 6.61 Å². The van der Waals surface area contributed by atoms with E-state index in [-0.39, 0.29) is 19.4 Å². The molecule has 0 aliphatic carbocycles. The Morgan fingerprint density at radius 2 is 1.29 bits per heavy atom. The van der Waals surface area contributed by atoms with E-state index < -0.39 is 30.0 Å². The molecule has 0 fully saturated rings. The van der Waals surface area contributed by atoms with Crippen LogP contribution in [-0.4, -0.2) is 40.4 Å². The molecule has 0 saturated heterocycles. The summed E-state index contributed by atoms with van der Waals surface area (Å²) < 4.78 is 87.6. The molecule has 2 nitrogen and oxygen atoms in total. The average molecular weight is 328 g/mol. The van der Waals surface area contributed by atoms with Crippen LogP contribution in [0.25, 0.3) is 0 Å². The largest absolute Gasteiger partial charge is 0.459 e. The molecule has 0 aromatic heterocycles. The Hall–Kier alpha value is -0.570. The van der Waals surface area contributed by atoms with Gasteiger partial charge in [-0.25, -0.2) is 0 Å². The summed E-state index contributed by atoms with van der Waals surface area (Å²) in [5, 5.41) is 18.1. The lowest BCUT2D eigenvalue weighted by molar-refractivity contribution is -0.361. The smallest absolute Gasteiger partial charge is 0.396 e. The molecule has 9 heteroatoms. The first-order chi connectivity index (χ1) is 9.27. The number of halogens is 7. The second-order valence-electron chi connectivity index (χ2n) is 5.34. The molecule has 1 atom stereocenters. The van der Waals surface area contributed by atoms with Crippen LogP contribution in [0.15, 0.2) is 0 Å². The summed E-state index contributed by atoms with van der Waals surface area (Å²) in [4.78, 5) is 0. The van der Waals surface area contributed by atoms with E-state index in [4.69, 9.17) is 5.11 Å². The van der Waals surface area contributed by atoms with Crippen molar-refractivity contribution in [3.8, 4) is 0 Å². The lowest BCUT2D eigenvalue weighted by Crippen LogP contribution is -2.54. The topological polar surface area (TPSA) is 40.5 Å². The van der Waals surface area contributed by atoms with Crippen molar-refractivity contribution in [3.63, 3.8) is 0 Å². The highest BCUT2D eigenvalue weighted by Gasteiger charge is 2.73. The SMILES string of the molecule is CC(O)(CCCCCCO)CC(F)(F)C(F)(F)C(F)(F)F. The van der Waals surface area contributed by atoms with Gasteiger partial charge in [0.05, 0.1) is 5.60 Å². The summed E-state index contributed by atoms with van der Waals surface area (Å²) in [5.41, 5.74) is -2.34. The van der Waals surface area contributed by atoms with E-state index in [1.165, 1.54) is 0 Å². The highest BCUT2D eigenvalue weighted by atomic mass is 19.4. The molecule has 0 heterocycles. The Balaban J connectivity index is 4.61. The monoisotopic (exact) mass is 328 g/mol. The fourth-order valence-electron chi connectivity index (χ4n) is 1.86. The van der Waals surface area contributed by atoms with Crippen molar-refractivity contribution < 1.29 is 40.9 Å². The van der Waals surface area contributed by atoms with Crippen molar-refractivity contribution in [2.24, 2.45) is 0 Å². The first-order valence-electron chi connectivity index (χ1n) is 6.42. The van der Waals surface area contributed by atoms with Crippen molar-refractivity contribution in [1.29, 1.82) is 0 Å². The molecule has 0 radical (unpaired) electrons. The minimum atomic E-state index is -6.38. The second-order valence-corrected chi connectivity index (χ2v) is 5.34. The Bertz CT molecular complexity index is 313. The van der Waals surface area contributed by atoms with Gasteiger partial charge >= 0.3 is 18.0 Å². The Kier molecular flexibility index (Phi) is 6.93. The predicted molar refractivity (Wildman–Crippen MR) is 61.4 cm³/mol. The van der Waals surface area contributed by atoms with Crippen molar-refractivity contribution >= 4 is 0 Å². The van der Waals surface area contributed by atoms with E-state index in [1.54, 1.807) is 0 Å². The van der Waals surface area contributed by atoms with Gasteiger partial charge in [-0.1, -0.05) is 19.3 Å². The maximum absolute atomic E-state index is 13.2. The third-order valence-corrected chi connectivity index (χ3v) is 3.04. The molecule has 0 spiro atoms. The van der Waals surface area contributed by atoms with E-state index in [0.717, 1.165) is 6.92 Å². The fourth-order valence-corrected chi connectivity index (χ4v) is 1.86. The average Bonchev–Trinajstić information content (AvgIpc) is 2.25. The van der Waals surface area contributed by atoms with E-state index in [0.29, 0.717) is 19.3 Å². The van der Waals surface area contributed by atoms with Gasteiger partial charge in [0.15, 0.2) is 0 Å². The minimum Gasteiger partial charge on any atom is -0.396 e. The van der Waals surface area contributed by atoms with Gasteiger partial charge in [-0.05, 0) is 19.8 Å². The molecule has 2 N–H and O–H groups in total. The van der Waals surface area contributed by atoms with E-state index in [9.17, 15) is 35.8 Å². The number of hydrogen-bond donors (Lipinski definition) is 2. The van der Waals surface area contributed by atoms with Crippen molar-refractivity contribution in [3.05, 3.63) is 0 Å². The number of alkyl halides is 7. The molecule has 0 aromatic carbocycles. The maximum Gasteiger partial charge on any atom is 0.459 e. The highest BCUT2D eigenvalue weighted by molar-refractivity contribution is 4.95. The second kappa shape index (κ2) is 7.13. The van der Waals surface area contributed by atoms with Gasteiger partial charge in [-0.3, -0.25) is 0 Å². The van der Waals surface area contributed by atoms with Gasteiger partial charge in [0.25, 0.3) is 0 Å². The zero-order valence-electron chi connectivity index (χ0n) is 11.5. The quantitative estimate of drug-likeness (QED) is 0.498. The molecule has 0 aromatic rings. The van der Waals surface area contributed by atoms with Crippen molar-refractivity contribution in [1.82, 2.24) is 0 Å². The third kappa shape index (κ3) is 5.98. The van der Waals surface area contributed by atoms with Crippen LogP contribution in [-0.2, 0) is 0 Å². The predicted octanol–water partition coefficient (Wildman–Crippen LogP) is 3.90. The number of hydrogen-bond acceptors (Lipinski definition) is 2. The van der Waals surface area contributed by atoms with Crippen LogP contribution in [0.4, 0.5) is 30.7 Å². The summed E-state index contributed by atoms with van der Waals surface area (Å²) in [7, 11) is 0. The van der Waals surface area contributed by atoms with Crippen molar-refractivity contribution in [2.45, 2.75) is 69.1 Å². The maximum atomic E-state index is 13.2. The molecule has 0 aliphatic heterocycles. The molecule has 21 heavy (non-hydrogen) atoms. The summed E-state index contributed by atoms with van der Waals surface area (Å²) in [5.74, 6) is -11.6. The molecular formula is C12H19F7O2. The lowest BCUT2D eigenvalue weighted by atomic mass is 9.89. The number of rotatable bonds is 9. The number of unbranched alkanes of at least 4 members (excludes halogenated alkanes) is 3. The van der Waals surface area contributed by atoms with Crippen LogP contribution in [0.1, 0.15) is 45.4 Å². The summed E-state index contributed by atoms with van der Waals surface area (Å²) in [6.07, 6.45) is -7.06. The molecule has 128 valence electrons. The molecule has 0 saturated carbocycles. The van der Waals surface area contributed by atoms with Crippen LogP contribution in [0.3, 0.4) is 0 Å². The number of aliphatic hydroxyl groups excluding tert-OH is 1. The first kappa shape index (κ1) is 20.4. The normalized spacial score (nSPS) is 16.9. The van der Waals surface area contributed by atoms with Gasteiger partial charge < -0.3 is 10.2 Å². The van der Waals surface area contributed by atoms with E-state index in [2.05, 4.69) is 0 Å². The first-order valence-corrected chi connectivity index (χ1v) is 6.42. The Morgan fingerprint density at radius 3 is 1.71 bits per heavy atom. The molecular weight excluding hydrogens is 309 g/mol. The zero-order valence-corrected chi connectivity index (χ0v) is 11.5. The van der Waals surface area contributed by atoms with Crippen LogP contribution >= 0.6 is 0 Å². The third-order valence-electron chi connectivity index (χ3n) is 3.04. The fraction of sp³-hybridized carbons (Fsp3) is 1.00. The number of aliphatic hydroxyl groups is 2. The van der Waals surface area contributed by atoms with E-state index in [1.807, 2.05) is 0 Å². The van der Waals surface area contributed by atoms with Crippen LogP contribution in [0, 0.1) is 0 Å². The van der Waals surface area contributed by atoms with Gasteiger partial charge in [-0.2, -0.15) is 30.7 Å². The van der Waals surface area contributed by atoms with Gasteiger partial charge in [-0.15, -0.1) is 0 Å². The van der Waals surface area contributed by atoms with Gasteiger partial charge in [0.1, 0.15) is 0 Å². The highest BCUT2D eigenvalue weighted by Crippen LogP contribution is 2.49. The van der Waals surface area contributed by atoms with Gasteiger partial charge in [0, 0.05) is 13.0 Å². The Morgan fingerprint density at radius 1 is 0.810 bits per heavy atom. The molecule has 0 rings (SSSR count). The van der Waals surface area contributed by atoms with E-state index >= 15 is 0 Å². The summed E-state index contributed by atoms with van der Waals surface area (Å²) >= 11 is 0. The minimum absolute atomic E-state index is 0.0632. The Labute approximate surface area is 118 Å². The molecule has 1 unspecified atom stereocenters. The van der Waals surface area contributed by atoms with Crippen LogP contribution in [0.5, 0.6) is 0 Å². The molecule has 0 amide bonds. The van der Waals surface area contributed by atoms with Crippen LogP contribution < -0.4 is 0 Å².